The van der Waals surface area contributed by atoms with Crippen LogP contribution in [0.3, 0.4) is 0 Å². The van der Waals surface area contributed by atoms with E-state index >= 15 is 0 Å². The molecule has 3 heterocycles. The van der Waals surface area contributed by atoms with Crippen LogP contribution in [0.4, 0.5) is 34.1 Å². The van der Waals surface area contributed by atoms with Gasteiger partial charge < -0.3 is 9.80 Å². The molecule has 3 aromatic heterocycles. The highest BCUT2D eigenvalue weighted by molar-refractivity contribution is 7.27. The Balaban J connectivity index is 0.987. The van der Waals surface area contributed by atoms with Gasteiger partial charge in [-0.3, -0.25) is 0 Å². The van der Waals surface area contributed by atoms with Crippen LogP contribution in [-0.4, -0.2) is 0 Å². The zero-order valence-electron chi connectivity index (χ0n) is 35.1. The molecule has 13 aromatic rings. The minimum absolute atomic E-state index is 1.13. The molecule has 0 atom stereocenters. The van der Waals surface area contributed by atoms with Crippen molar-refractivity contribution in [3.8, 4) is 22.3 Å². The normalized spacial score (nSPS) is 11.7. The molecule has 0 amide bonds. The Morgan fingerprint density at radius 2 is 0.615 bits per heavy atom. The van der Waals surface area contributed by atoms with Crippen molar-refractivity contribution in [2.24, 2.45) is 0 Å². The highest BCUT2D eigenvalue weighted by atomic mass is 32.1. The van der Waals surface area contributed by atoms with E-state index in [4.69, 9.17) is 0 Å². The van der Waals surface area contributed by atoms with Crippen LogP contribution in [0.5, 0.6) is 0 Å². The zero-order valence-corrected chi connectivity index (χ0v) is 37.5. The largest absolute Gasteiger partial charge is 0.310 e. The zero-order chi connectivity index (χ0) is 42.8. The molecule has 0 saturated carbocycles. The summed E-state index contributed by atoms with van der Waals surface area (Å²) < 4.78 is 7.80. The molecule has 0 N–H and O–H groups in total. The van der Waals surface area contributed by atoms with Crippen LogP contribution in [0, 0.1) is 0 Å². The van der Waals surface area contributed by atoms with Crippen LogP contribution >= 0.6 is 34.0 Å². The molecule has 0 aliphatic rings. The van der Waals surface area contributed by atoms with Crippen LogP contribution in [0.1, 0.15) is 0 Å². The number of fused-ring (bicyclic) bond motifs is 9. The lowest BCUT2D eigenvalue weighted by Gasteiger charge is -2.26. The summed E-state index contributed by atoms with van der Waals surface area (Å²) >= 11 is 5.67. The van der Waals surface area contributed by atoms with E-state index in [2.05, 4.69) is 240 Å². The van der Waals surface area contributed by atoms with E-state index in [1.165, 1.54) is 82.8 Å². The van der Waals surface area contributed by atoms with E-state index < -0.39 is 0 Å². The maximum absolute atomic E-state index is 2.44. The summed E-state index contributed by atoms with van der Waals surface area (Å²) in [5.41, 5.74) is 11.8. The lowest BCUT2D eigenvalue weighted by atomic mass is 9.97. The number of para-hydroxylation sites is 4. The van der Waals surface area contributed by atoms with Gasteiger partial charge in [0.2, 0.25) is 0 Å². The third-order valence-corrected chi connectivity index (χ3v) is 16.2. The molecule has 0 fully saturated rings. The molecule has 0 unspecified atom stereocenters. The summed E-state index contributed by atoms with van der Waals surface area (Å²) in [5, 5.41) is 7.72. The average Bonchev–Trinajstić information content (AvgIpc) is 4.06. The van der Waals surface area contributed by atoms with Crippen molar-refractivity contribution in [3.05, 3.63) is 231 Å². The van der Waals surface area contributed by atoms with Crippen molar-refractivity contribution < 1.29 is 0 Å². The predicted molar refractivity (Wildman–Crippen MR) is 285 cm³/mol. The quantitative estimate of drug-likeness (QED) is 0.150. The van der Waals surface area contributed by atoms with Crippen molar-refractivity contribution in [3.63, 3.8) is 0 Å². The third kappa shape index (κ3) is 6.50. The number of hydrogen-bond donors (Lipinski definition) is 0. The second kappa shape index (κ2) is 15.6. The predicted octanol–water partition coefficient (Wildman–Crippen LogP) is 19.1. The molecule has 65 heavy (non-hydrogen) atoms. The second-order valence-electron chi connectivity index (χ2n) is 16.5. The number of thiophene rings is 3. The minimum atomic E-state index is 1.13. The van der Waals surface area contributed by atoms with Crippen LogP contribution in [0.25, 0.3) is 82.8 Å². The molecule has 0 radical (unpaired) electrons. The summed E-state index contributed by atoms with van der Waals surface area (Å²) in [7, 11) is 0. The Morgan fingerprint density at radius 3 is 1.09 bits per heavy atom. The summed E-state index contributed by atoms with van der Waals surface area (Å²) in [5.74, 6) is 0. The van der Waals surface area contributed by atoms with E-state index in [1.807, 2.05) is 34.0 Å². The molecular formula is C60H38N2S3. The monoisotopic (exact) mass is 882 g/mol. The molecular weight excluding hydrogens is 845 g/mol. The van der Waals surface area contributed by atoms with Gasteiger partial charge in [0, 0.05) is 106 Å². The van der Waals surface area contributed by atoms with Crippen molar-refractivity contribution in [2.75, 3.05) is 9.80 Å². The van der Waals surface area contributed by atoms with Gasteiger partial charge in [0.15, 0.2) is 0 Å². The van der Waals surface area contributed by atoms with Gasteiger partial charge >= 0.3 is 0 Å². The Morgan fingerprint density at radius 1 is 0.231 bits per heavy atom. The Labute approximate surface area is 388 Å². The third-order valence-electron chi connectivity index (χ3n) is 12.6. The molecule has 0 aliphatic carbocycles. The lowest BCUT2D eigenvalue weighted by Crippen LogP contribution is -2.09. The van der Waals surface area contributed by atoms with Gasteiger partial charge in [-0.05, 0) is 114 Å². The Hall–Kier alpha value is -7.54. The number of nitrogens with zero attached hydrogens (tertiary/aromatic N) is 2. The first kappa shape index (κ1) is 38.0. The van der Waals surface area contributed by atoms with Crippen molar-refractivity contribution in [2.45, 2.75) is 0 Å². The fourth-order valence-electron chi connectivity index (χ4n) is 9.63. The Kier molecular flexibility index (Phi) is 9.12. The topological polar surface area (TPSA) is 6.48 Å². The first-order valence-electron chi connectivity index (χ1n) is 21.9. The molecule has 0 aliphatic heterocycles. The van der Waals surface area contributed by atoms with Gasteiger partial charge in [-0.2, -0.15) is 0 Å². The highest BCUT2D eigenvalue weighted by Crippen LogP contribution is 2.49. The van der Waals surface area contributed by atoms with Crippen LogP contribution in [0.2, 0.25) is 0 Å². The van der Waals surface area contributed by atoms with E-state index in [0.717, 1.165) is 34.1 Å². The number of anilines is 6. The van der Waals surface area contributed by atoms with E-state index in [-0.39, 0.29) is 0 Å². The number of rotatable bonds is 8. The maximum atomic E-state index is 2.44. The van der Waals surface area contributed by atoms with Gasteiger partial charge in [-0.1, -0.05) is 127 Å². The lowest BCUT2D eigenvalue weighted by molar-refractivity contribution is 1.29. The maximum Gasteiger partial charge on any atom is 0.0475 e. The van der Waals surface area contributed by atoms with Gasteiger partial charge in [-0.15, -0.1) is 34.0 Å². The molecule has 0 bridgehead atoms. The second-order valence-corrected chi connectivity index (χ2v) is 19.7. The SMILES string of the molecule is c1ccc(N(c2ccccc2)c2cc(-c3ccc4c(c3)sc3ccc(-c5cc(N(c6ccccc6)c6ccccc6)cc6c5sc5ccccc56)cc34)c3sc4ccccc4c3c2)cc1. The first-order valence-corrected chi connectivity index (χ1v) is 24.3. The highest BCUT2D eigenvalue weighted by Gasteiger charge is 2.21. The molecule has 13 rings (SSSR count). The average molecular weight is 883 g/mol. The standard InChI is InChI=1S/C60H38N2S3/c1-5-17-41(18-6-1)61(42-19-7-2-8-20-42)45-35-50(59-53(37-45)47-25-13-15-27-55(47)64-59)39-30-32-57-52(33-39)49-31-29-40(34-58(49)63-57)51-36-46(38-54-48-26-14-16-28-56(48)65-60(51)54)62(43-21-9-3-10-22-43)44-23-11-4-12-24-44/h1-38H. The molecule has 306 valence electrons. The van der Waals surface area contributed by atoms with Gasteiger partial charge in [0.1, 0.15) is 0 Å². The molecule has 0 spiro atoms. The van der Waals surface area contributed by atoms with E-state index in [1.54, 1.807) is 0 Å². The van der Waals surface area contributed by atoms with E-state index in [0.29, 0.717) is 0 Å². The molecule has 10 aromatic carbocycles. The number of hydrogen-bond acceptors (Lipinski definition) is 5. The summed E-state index contributed by atoms with van der Waals surface area (Å²) in [6.45, 7) is 0. The van der Waals surface area contributed by atoms with Gasteiger partial charge in [-0.25, -0.2) is 0 Å². The van der Waals surface area contributed by atoms with Crippen molar-refractivity contribution in [1.82, 2.24) is 0 Å². The van der Waals surface area contributed by atoms with Crippen LogP contribution < -0.4 is 9.80 Å². The fraction of sp³-hybridized carbons (Fsp3) is 0. The van der Waals surface area contributed by atoms with Crippen molar-refractivity contribution >= 4 is 129 Å². The minimum Gasteiger partial charge on any atom is -0.310 e. The van der Waals surface area contributed by atoms with E-state index in [9.17, 15) is 0 Å². The fourth-order valence-corrected chi connectivity index (χ4v) is 13.2. The molecule has 5 heteroatoms. The molecule has 2 nitrogen and oxygen atoms in total. The summed E-state index contributed by atoms with van der Waals surface area (Å²) in [6.07, 6.45) is 0. The summed E-state index contributed by atoms with van der Waals surface area (Å²) in [6, 6.07) is 84.5. The molecule has 0 saturated heterocycles. The Bertz CT molecular complexity index is 3810. The van der Waals surface area contributed by atoms with Crippen LogP contribution in [-0.2, 0) is 0 Å². The smallest absolute Gasteiger partial charge is 0.0475 e. The van der Waals surface area contributed by atoms with Gasteiger partial charge in [0.05, 0.1) is 0 Å². The van der Waals surface area contributed by atoms with Crippen molar-refractivity contribution in [1.29, 1.82) is 0 Å². The summed E-state index contributed by atoms with van der Waals surface area (Å²) in [4.78, 5) is 4.77. The first-order chi connectivity index (χ1) is 32.2. The number of benzene rings is 10. The van der Waals surface area contributed by atoms with Gasteiger partial charge in [0.25, 0.3) is 0 Å². The van der Waals surface area contributed by atoms with Crippen LogP contribution in [0.15, 0.2) is 231 Å².